The molecule has 0 spiro atoms. The average molecular weight is 413 g/mol. The third-order valence-electron chi connectivity index (χ3n) is 5.82. The molecule has 0 radical (unpaired) electrons. The maximum absolute atomic E-state index is 13.6. The zero-order chi connectivity index (χ0) is 19.9. The lowest BCUT2D eigenvalue weighted by Gasteiger charge is -2.33. The molecule has 4 rings (SSSR count). The maximum atomic E-state index is 13.6. The van der Waals surface area contributed by atoms with E-state index in [2.05, 4.69) is 39.8 Å². The minimum absolute atomic E-state index is 0.136. The fraction of sp³-hybridized carbons (Fsp3) is 0.478. The summed E-state index contributed by atoms with van der Waals surface area (Å²) in [5.74, 6) is 1.58. The molecule has 3 aromatic rings. The van der Waals surface area contributed by atoms with Gasteiger partial charge in [0.25, 0.3) is 5.56 Å². The molecule has 0 N–H and O–H groups in total. The van der Waals surface area contributed by atoms with E-state index >= 15 is 0 Å². The van der Waals surface area contributed by atoms with Crippen LogP contribution < -0.4 is 5.56 Å². The van der Waals surface area contributed by atoms with Crippen molar-refractivity contribution in [3.63, 3.8) is 0 Å². The first-order valence-electron chi connectivity index (χ1n) is 10.1. The Hall–Kier alpha value is -1.59. The summed E-state index contributed by atoms with van der Waals surface area (Å²) in [6.07, 6.45) is 3.24. The molecule has 1 aliphatic carbocycles. The molecule has 148 valence electrons. The van der Waals surface area contributed by atoms with Crippen LogP contribution in [0.25, 0.3) is 10.2 Å². The Labute approximate surface area is 175 Å². The highest BCUT2D eigenvalue weighted by Gasteiger charge is 2.32. The van der Waals surface area contributed by atoms with Crippen LogP contribution in [-0.2, 0) is 19.4 Å². The third-order valence-corrected chi connectivity index (χ3v) is 7.82. The van der Waals surface area contributed by atoms with Gasteiger partial charge in [-0.25, -0.2) is 4.98 Å². The van der Waals surface area contributed by atoms with E-state index in [1.54, 1.807) is 23.1 Å². The van der Waals surface area contributed by atoms with Crippen LogP contribution in [0.1, 0.15) is 50.1 Å². The monoisotopic (exact) mass is 412 g/mol. The van der Waals surface area contributed by atoms with E-state index in [0.29, 0.717) is 17.9 Å². The van der Waals surface area contributed by atoms with Crippen LogP contribution in [-0.4, -0.2) is 15.3 Å². The van der Waals surface area contributed by atoms with E-state index in [0.717, 1.165) is 46.0 Å². The van der Waals surface area contributed by atoms with E-state index in [1.807, 2.05) is 22.8 Å². The third kappa shape index (κ3) is 3.67. The summed E-state index contributed by atoms with van der Waals surface area (Å²) in [6.45, 7) is 9.69. The van der Waals surface area contributed by atoms with Gasteiger partial charge in [-0.05, 0) is 47.5 Å². The fourth-order valence-electron chi connectivity index (χ4n) is 4.12. The van der Waals surface area contributed by atoms with Gasteiger partial charge in [0, 0.05) is 4.88 Å². The highest BCUT2D eigenvalue weighted by Crippen LogP contribution is 2.42. The molecule has 2 heterocycles. The first-order chi connectivity index (χ1) is 13.4. The number of aromatic nitrogens is 2. The van der Waals surface area contributed by atoms with Crippen LogP contribution in [0, 0.1) is 11.3 Å². The minimum atomic E-state index is 0.136. The van der Waals surface area contributed by atoms with Gasteiger partial charge in [-0.2, -0.15) is 0 Å². The molecule has 1 aliphatic rings. The Morgan fingerprint density at radius 3 is 2.68 bits per heavy atom. The average Bonchev–Trinajstić information content (AvgIpc) is 3.03. The zero-order valence-corrected chi connectivity index (χ0v) is 18.8. The van der Waals surface area contributed by atoms with E-state index in [4.69, 9.17) is 4.98 Å². The summed E-state index contributed by atoms with van der Waals surface area (Å²) in [6, 6.07) is 10.2. The number of rotatable bonds is 4. The summed E-state index contributed by atoms with van der Waals surface area (Å²) >= 11 is 3.41. The summed E-state index contributed by atoms with van der Waals surface area (Å²) in [5.41, 5.74) is 2.85. The molecule has 1 atom stereocenters. The number of benzene rings is 1. The summed E-state index contributed by atoms with van der Waals surface area (Å²) < 4.78 is 1.88. The smallest absolute Gasteiger partial charge is 0.263 e. The van der Waals surface area contributed by atoms with E-state index < -0.39 is 0 Å². The van der Waals surface area contributed by atoms with Crippen molar-refractivity contribution < 1.29 is 0 Å². The number of thiophene rings is 1. The predicted molar refractivity (Wildman–Crippen MR) is 121 cm³/mol. The lowest BCUT2D eigenvalue weighted by molar-refractivity contribution is 0.218. The molecule has 0 amide bonds. The first kappa shape index (κ1) is 19.7. The van der Waals surface area contributed by atoms with Gasteiger partial charge >= 0.3 is 0 Å². The van der Waals surface area contributed by atoms with Crippen LogP contribution in [0.3, 0.4) is 0 Å². The molecule has 0 saturated carbocycles. The van der Waals surface area contributed by atoms with E-state index in [9.17, 15) is 4.79 Å². The highest BCUT2D eigenvalue weighted by atomic mass is 32.2. The molecular weight excluding hydrogens is 384 g/mol. The molecule has 28 heavy (non-hydrogen) atoms. The second-order valence-electron chi connectivity index (χ2n) is 8.69. The summed E-state index contributed by atoms with van der Waals surface area (Å²) in [7, 11) is 0. The number of thioether (sulfide) groups is 1. The van der Waals surface area contributed by atoms with Crippen molar-refractivity contribution in [1.29, 1.82) is 0 Å². The van der Waals surface area contributed by atoms with Crippen molar-refractivity contribution in [3.05, 3.63) is 56.7 Å². The molecule has 3 nitrogen and oxygen atoms in total. The van der Waals surface area contributed by atoms with Gasteiger partial charge in [0.1, 0.15) is 4.83 Å². The molecule has 5 heteroatoms. The largest absolute Gasteiger partial charge is 0.283 e. The molecule has 0 bridgehead atoms. The molecule has 0 saturated heterocycles. The number of hydrogen-bond acceptors (Lipinski definition) is 4. The van der Waals surface area contributed by atoms with Crippen molar-refractivity contribution in [3.8, 4) is 0 Å². The first-order valence-corrected chi connectivity index (χ1v) is 11.9. The Balaban J connectivity index is 1.83. The molecule has 1 aromatic carbocycles. The summed E-state index contributed by atoms with van der Waals surface area (Å²) in [4.78, 5) is 20.8. The molecule has 2 aromatic heterocycles. The van der Waals surface area contributed by atoms with Gasteiger partial charge in [-0.3, -0.25) is 9.36 Å². The van der Waals surface area contributed by atoms with Crippen molar-refractivity contribution in [2.75, 3.05) is 5.75 Å². The number of nitrogens with zero attached hydrogens (tertiary/aromatic N) is 2. The van der Waals surface area contributed by atoms with Crippen LogP contribution in [0.15, 0.2) is 40.3 Å². The normalized spacial score (nSPS) is 17.1. The number of fused-ring (bicyclic) bond motifs is 3. The summed E-state index contributed by atoms with van der Waals surface area (Å²) in [5, 5.41) is 1.72. The molecule has 1 unspecified atom stereocenters. The second kappa shape index (κ2) is 7.68. The van der Waals surface area contributed by atoms with Crippen LogP contribution in [0.4, 0.5) is 0 Å². The van der Waals surface area contributed by atoms with Crippen molar-refractivity contribution in [2.45, 2.75) is 58.7 Å². The van der Waals surface area contributed by atoms with Gasteiger partial charge in [-0.1, -0.05) is 69.8 Å². The van der Waals surface area contributed by atoms with Crippen molar-refractivity contribution in [1.82, 2.24) is 9.55 Å². The Morgan fingerprint density at radius 2 is 2.00 bits per heavy atom. The van der Waals surface area contributed by atoms with Crippen LogP contribution >= 0.6 is 23.1 Å². The van der Waals surface area contributed by atoms with Crippen molar-refractivity contribution >= 4 is 33.3 Å². The van der Waals surface area contributed by atoms with E-state index in [1.165, 1.54) is 10.4 Å². The van der Waals surface area contributed by atoms with Crippen LogP contribution in [0.2, 0.25) is 0 Å². The van der Waals surface area contributed by atoms with Crippen molar-refractivity contribution in [2.24, 2.45) is 11.3 Å². The number of aryl methyl sites for hydroxylation is 1. The Kier molecular flexibility index (Phi) is 5.41. The standard InChI is InChI=1S/C23H28N2OS2/c1-5-27-22-24-20-19(21(26)25(22)14-15-9-7-6-8-10-15)17-12-11-16(23(2,3)4)13-18(17)28-20/h6-10,16H,5,11-14H2,1-4H3. The van der Waals surface area contributed by atoms with Gasteiger partial charge in [0.05, 0.1) is 11.9 Å². The molecule has 0 aliphatic heterocycles. The Bertz CT molecular complexity index is 1040. The quantitative estimate of drug-likeness (QED) is 0.403. The van der Waals surface area contributed by atoms with E-state index in [-0.39, 0.29) is 5.56 Å². The Morgan fingerprint density at radius 1 is 1.25 bits per heavy atom. The van der Waals surface area contributed by atoms with Gasteiger partial charge in [0.15, 0.2) is 5.16 Å². The topological polar surface area (TPSA) is 34.9 Å². The molecular formula is C23H28N2OS2. The maximum Gasteiger partial charge on any atom is 0.263 e. The van der Waals surface area contributed by atoms with Crippen LogP contribution in [0.5, 0.6) is 0 Å². The van der Waals surface area contributed by atoms with Gasteiger partial charge < -0.3 is 0 Å². The minimum Gasteiger partial charge on any atom is -0.283 e. The lowest BCUT2D eigenvalue weighted by Crippen LogP contribution is -2.27. The SMILES string of the molecule is CCSc1nc2sc3c(c2c(=O)n1Cc1ccccc1)CCC(C(C)(C)C)C3. The lowest BCUT2D eigenvalue weighted by atomic mass is 9.72. The second-order valence-corrected chi connectivity index (χ2v) is 11.0. The fourth-order valence-corrected chi connectivity index (χ4v) is 6.19. The highest BCUT2D eigenvalue weighted by molar-refractivity contribution is 7.99. The van der Waals surface area contributed by atoms with Gasteiger partial charge in [0.2, 0.25) is 0 Å². The zero-order valence-electron chi connectivity index (χ0n) is 17.1. The number of hydrogen-bond donors (Lipinski definition) is 0. The predicted octanol–water partition coefficient (Wildman–Crippen LogP) is 5.77. The van der Waals surface area contributed by atoms with Gasteiger partial charge in [-0.15, -0.1) is 11.3 Å². The molecule has 0 fully saturated rings.